The molecule has 0 fully saturated rings. The van der Waals surface area contributed by atoms with E-state index >= 15 is 0 Å². The zero-order valence-corrected chi connectivity index (χ0v) is 13.2. The lowest BCUT2D eigenvalue weighted by atomic mass is 9.99. The average molecular weight is 309 g/mol. The lowest BCUT2D eigenvalue weighted by Crippen LogP contribution is -2.23. The van der Waals surface area contributed by atoms with Crippen molar-refractivity contribution in [2.75, 3.05) is 6.54 Å². The number of pyridine rings is 1. The van der Waals surface area contributed by atoms with Gasteiger partial charge in [-0.05, 0) is 48.7 Å². The van der Waals surface area contributed by atoms with Crippen LogP contribution in [-0.4, -0.2) is 11.5 Å². The normalized spacial score (nSPS) is 12.4. The standard InChI is InChI=1S/C16H18Cl2N2/c1-3-20-16(13-6-7-19-10-15(13)18)9-12-5-4-11(2)8-14(12)17/h4-8,10,16,20H,3,9H2,1-2H3. The Hall–Kier alpha value is -1.09. The largest absolute Gasteiger partial charge is 0.310 e. The predicted octanol–water partition coefficient (Wildman–Crippen LogP) is 4.59. The van der Waals surface area contributed by atoms with E-state index in [0.717, 1.165) is 29.1 Å². The van der Waals surface area contributed by atoms with Crippen molar-refractivity contribution in [3.63, 3.8) is 0 Å². The Morgan fingerprint density at radius 1 is 1.20 bits per heavy atom. The van der Waals surface area contributed by atoms with Crippen LogP contribution >= 0.6 is 23.2 Å². The quantitative estimate of drug-likeness (QED) is 0.874. The first-order chi connectivity index (χ1) is 9.61. The molecular formula is C16H18Cl2N2. The number of rotatable bonds is 5. The molecule has 0 amide bonds. The molecule has 1 aromatic heterocycles. The molecule has 0 aliphatic heterocycles. The van der Waals surface area contributed by atoms with Crippen molar-refractivity contribution in [3.8, 4) is 0 Å². The minimum absolute atomic E-state index is 0.135. The van der Waals surface area contributed by atoms with Crippen molar-refractivity contribution in [2.24, 2.45) is 0 Å². The SMILES string of the molecule is CCNC(Cc1ccc(C)cc1Cl)c1ccncc1Cl. The maximum Gasteiger partial charge on any atom is 0.0637 e. The van der Waals surface area contributed by atoms with Gasteiger partial charge in [0.2, 0.25) is 0 Å². The van der Waals surface area contributed by atoms with Gasteiger partial charge in [-0.1, -0.05) is 42.3 Å². The lowest BCUT2D eigenvalue weighted by molar-refractivity contribution is 0.549. The fourth-order valence-electron chi connectivity index (χ4n) is 2.24. The van der Waals surface area contributed by atoms with Crippen LogP contribution in [-0.2, 0) is 6.42 Å². The van der Waals surface area contributed by atoms with Crippen molar-refractivity contribution < 1.29 is 0 Å². The van der Waals surface area contributed by atoms with E-state index in [2.05, 4.69) is 29.4 Å². The highest BCUT2D eigenvalue weighted by atomic mass is 35.5. The van der Waals surface area contributed by atoms with Gasteiger partial charge in [-0.15, -0.1) is 0 Å². The highest BCUT2D eigenvalue weighted by Crippen LogP contribution is 2.28. The fraction of sp³-hybridized carbons (Fsp3) is 0.312. The molecule has 1 unspecified atom stereocenters. The summed E-state index contributed by atoms with van der Waals surface area (Å²) in [4.78, 5) is 4.04. The van der Waals surface area contributed by atoms with Crippen molar-refractivity contribution in [3.05, 3.63) is 63.4 Å². The average Bonchev–Trinajstić information content (AvgIpc) is 2.42. The third-order valence-corrected chi connectivity index (χ3v) is 3.93. The number of halogens is 2. The minimum atomic E-state index is 0.135. The van der Waals surface area contributed by atoms with Crippen LogP contribution in [0.4, 0.5) is 0 Å². The van der Waals surface area contributed by atoms with Gasteiger partial charge in [0.25, 0.3) is 0 Å². The maximum absolute atomic E-state index is 6.33. The summed E-state index contributed by atoms with van der Waals surface area (Å²) in [5.41, 5.74) is 3.34. The third kappa shape index (κ3) is 3.72. The van der Waals surface area contributed by atoms with E-state index in [1.54, 1.807) is 12.4 Å². The molecule has 0 bridgehead atoms. The Labute approximate surface area is 130 Å². The van der Waals surface area contributed by atoms with E-state index in [1.165, 1.54) is 5.56 Å². The van der Waals surface area contributed by atoms with Crippen molar-refractivity contribution >= 4 is 23.2 Å². The topological polar surface area (TPSA) is 24.9 Å². The number of nitrogens with zero attached hydrogens (tertiary/aromatic N) is 1. The highest BCUT2D eigenvalue weighted by Gasteiger charge is 2.15. The van der Waals surface area contributed by atoms with Crippen LogP contribution < -0.4 is 5.32 Å². The first kappa shape index (κ1) is 15.3. The van der Waals surface area contributed by atoms with Gasteiger partial charge >= 0.3 is 0 Å². The van der Waals surface area contributed by atoms with Crippen LogP contribution in [0.25, 0.3) is 0 Å². The summed E-state index contributed by atoms with van der Waals surface area (Å²) in [5, 5.41) is 4.95. The van der Waals surface area contributed by atoms with Crippen LogP contribution in [0.1, 0.15) is 29.7 Å². The van der Waals surface area contributed by atoms with Gasteiger partial charge in [-0.25, -0.2) is 0 Å². The van der Waals surface area contributed by atoms with E-state index < -0.39 is 0 Å². The summed E-state index contributed by atoms with van der Waals surface area (Å²) in [7, 11) is 0. The maximum atomic E-state index is 6.33. The summed E-state index contributed by atoms with van der Waals surface area (Å²) in [6.07, 6.45) is 4.25. The van der Waals surface area contributed by atoms with Crippen molar-refractivity contribution in [1.29, 1.82) is 0 Å². The molecule has 0 saturated carbocycles. The van der Waals surface area contributed by atoms with Crippen LogP contribution in [0.3, 0.4) is 0 Å². The Bertz CT molecular complexity index is 584. The summed E-state index contributed by atoms with van der Waals surface area (Å²) >= 11 is 12.6. The minimum Gasteiger partial charge on any atom is -0.310 e. The first-order valence-corrected chi connectivity index (χ1v) is 7.45. The molecule has 2 nitrogen and oxygen atoms in total. The molecule has 0 spiro atoms. The predicted molar refractivity (Wildman–Crippen MR) is 85.6 cm³/mol. The van der Waals surface area contributed by atoms with Gasteiger partial charge in [0.05, 0.1) is 5.02 Å². The van der Waals surface area contributed by atoms with Gasteiger partial charge in [0.15, 0.2) is 0 Å². The fourth-order valence-corrected chi connectivity index (χ4v) is 2.81. The Morgan fingerprint density at radius 3 is 2.65 bits per heavy atom. The van der Waals surface area contributed by atoms with E-state index in [9.17, 15) is 0 Å². The number of hydrogen-bond donors (Lipinski definition) is 1. The van der Waals surface area contributed by atoms with Crippen molar-refractivity contribution in [2.45, 2.75) is 26.3 Å². The van der Waals surface area contributed by atoms with Crippen LogP contribution in [0.15, 0.2) is 36.7 Å². The molecule has 0 aliphatic carbocycles. The second-order valence-electron chi connectivity index (χ2n) is 4.81. The highest BCUT2D eigenvalue weighted by molar-refractivity contribution is 6.31. The molecule has 1 heterocycles. The number of aromatic nitrogens is 1. The molecule has 20 heavy (non-hydrogen) atoms. The molecule has 0 saturated heterocycles. The summed E-state index contributed by atoms with van der Waals surface area (Å²) < 4.78 is 0. The van der Waals surface area contributed by atoms with E-state index in [4.69, 9.17) is 23.2 Å². The zero-order chi connectivity index (χ0) is 14.5. The lowest BCUT2D eigenvalue weighted by Gasteiger charge is -2.20. The van der Waals surface area contributed by atoms with Gasteiger partial charge < -0.3 is 5.32 Å². The molecule has 2 aromatic rings. The molecule has 4 heteroatoms. The van der Waals surface area contributed by atoms with Crippen molar-refractivity contribution in [1.82, 2.24) is 10.3 Å². The molecule has 1 atom stereocenters. The molecular weight excluding hydrogens is 291 g/mol. The molecule has 0 aliphatic rings. The zero-order valence-electron chi connectivity index (χ0n) is 11.7. The number of aryl methyl sites for hydroxylation is 1. The summed E-state index contributed by atoms with van der Waals surface area (Å²) in [5.74, 6) is 0. The molecule has 0 radical (unpaired) electrons. The molecule has 1 aromatic carbocycles. The Morgan fingerprint density at radius 2 is 2.00 bits per heavy atom. The van der Waals surface area contributed by atoms with Gasteiger partial charge in [-0.2, -0.15) is 0 Å². The third-order valence-electron chi connectivity index (χ3n) is 3.26. The molecule has 106 valence electrons. The number of hydrogen-bond acceptors (Lipinski definition) is 2. The van der Waals surface area contributed by atoms with Crippen LogP contribution in [0.2, 0.25) is 10.0 Å². The summed E-state index contributed by atoms with van der Waals surface area (Å²) in [6.45, 7) is 4.99. The Kier molecular flexibility index (Phi) is 5.41. The van der Waals surface area contributed by atoms with E-state index in [0.29, 0.717) is 5.02 Å². The van der Waals surface area contributed by atoms with E-state index in [-0.39, 0.29) is 6.04 Å². The second kappa shape index (κ2) is 7.07. The second-order valence-corrected chi connectivity index (χ2v) is 5.62. The molecule has 1 N–H and O–H groups in total. The number of likely N-dealkylation sites (N-methyl/N-ethyl adjacent to an activating group) is 1. The Balaban J connectivity index is 2.28. The monoisotopic (exact) mass is 308 g/mol. The summed E-state index contributed by atoms with van der Waals surface area (Å²) in [6, 6.07) is 8.25. The van der Waals surface area contributed by atoms with Crippen LogP contribution in [0.5, 0.6) is 0 Å². The number of nitrogens with one attached hydrogen (secondary N) is 1. The van der Waals surface area contributed by atoms with Gasteiger partial charge in [-0.3, -0.25) is 4.98 Å². The number of benzene rings is 1. The van der Waals surface area contributed by atoms with Gasteiger partial charge in [0.1, 0.15) is 0 Å². The smallest absolute Gasteiger partial charge is 0.0637 e. The van der Waals surface area contributed by atoms with Crippen LogP contribution in [0, 0.1) is 6.92 Å². The van der Waals surface area contributed by atoms with Gasteiger partial charge in [0, 0.05) is 23.5 Å². The molecule has 2 rings (SSSR count). The van der Waals surface area contributed by atoms with E-state index in [1.807, 2.05) is 19.1 Å². The first-order valence-electron chi connectivity index (χ1n) is 6.69.